The number of carbonyl (C=O) groups excluding carboxylic acids is 1. The van der Waals surface area contributed by atoms with Crippen molar-refractivity contribution in [2.24, 2.45) is 0 Å². The normalized spacial score (nSPS) is 11.3. The minimum absolute atomic E-state index is 0.204. The van der Waals surface area contributed by atoms with E-state index in [2.05, 4.69) is 25.2 Å². The van der Waals surface area contributed by atoms with Crippen molar-refractivity contribution < 1.29 is 14.1 Å². The van der Waals surface area contributed by atoms with Gasteiger partial charge in [0, 0.05) is 18.7 Å². The molecule has 4 heteroatoms. The molecule has 0 aromatic rings. The van der Waals surface area contributed by atoms with Gasteiger partial charge in [0.25, 0.3) is 0 Å². The molecule has 0 aliphatic carbocycles. The number of methoxy groups -OCH3 is 1. The second kappa shape index (κ2) is 10.3. The van der Waals surface area contributed by atoms with Gasteiger partial charge in [-0.25, -0.2) is 0 Å². The first kappa shape index (κ1) is 18.4. The standard InChI is InChI=1S/C15H29O3P/c1-5-7-12-19(17,13-8-6-2)14(3)10-9-11-15(16)18-4/h3,5-13H2,1-2,4H3. The molecule has 0 atom stereocenters. The Kier molecular flexibility index (Phi) is 9.95. The summed E-state index contributed by atoms with van der Waals surface area (Å²) in [5.74, 6) is -0.204. The van der Waals surface area contributed by atoms with Crippen molar-refractivity contribution in [1.82, 2.24) is 0 Å². The van der Waals surface area contributed by atoms with E-state index in [1.54, 1.807) is 0 Å². The number of rotatable bonds is 11. The zero-order chi connectivity index (χ0) is 14.7. The van der Waals surface area contributed by atoms with E-state index in [1.807, 2.05) is 0 Å². The Bertz CT molecular complexity index is 311. The van der Waals surface area contributed by atoms with Crippen molar-refractivity contribution in [1.29, 1.82) is 0 Å². The largest absolute Gasteiger partial charge is 0.469 e. The predicted octanol–water partition coefficient (Wildman–Crippen LogP) is 4.81. The van der Waals surface area contributed by atoms with Crippen LogP contribution in [0.5, 0.6) is 0 Å². The van der Waals surface area contributed by atoms with Gasteiger partial charge >= 0.3 is 5.97 Å². The van der Waals surface area contributed by atoms with Crippen molar-refractivity contribution in [3.05, 3.63) is 11.9 Å². The number of hydrogen-bond donors (Lipinski definition) is 0. The Hall–Kier alpha value is -0.560. The van der Waals surface area contributed by atoms with Crippen LogP contribution < -0.4 is 0 Å². The Morgan fingerprint density at radius 2 is 1.58 bits per heavy atom. The number of hydrogen-bond acceptors (Lipinski definition) is 3. The third kappa shape index (κ3) is 7.57. The molecular formula is C15H29O3P. The average Bonchev–Trinajstić information content (AvgIpc) is 2.42. The summed E-state index contributed by atoms with van der Waals surface area (Å²) >= 11 is 0. The number of carbonyl (C=O) groups is 1. The van der Waals surface area contributed by atoms with Gasteiger partial charge in [-0.2, -0.15) is 0 Å². The fraction of sp³-hybridized carbons (Fsp3) is 0.800. The highest BCUT2D eigenvalue weighted by molar-refractivity contribution is 7.68. The Morgan fingerprint density at radius 3 is 2.00 bits per heavy atom. The van der Waals surface area contributed by atoms with E-state index in [4.69, 9.17) is 0 Å². The fourth-order valence-corrected chi connectivity index (χ4v) is 5.07. The van der Waals surface area contributed by atoms with Gasteiger partial charge in [-0.15, -0.1) is 0 Å². The molecule has 0 heterocycles. The summed E-state index contributed by atoms with van der Waals surface area (Å²) in [4.78, 5) is 11.1. The van der Waals surface area contributed by atoms with Gasteiger partial charge in [-0.05, 0) is 31.0 Å². The second-order valence-corrected chi connectivity index (χ2v) is 8.35. The molecule has 0 aliphatic heterocycles. The lowest BCUT2D eigenvalue weighted by atomic mass is 10.2. The van der Waals surface area contributed by atoms with E-state index in [9.17, 15) is 9.36 Å². The minimum Gasteiger partial charge on any atom is -0.469 e. The predicted molar refractivity (Wildman–Crippen MR) is 82.2 cm³/mol. The van der Waals surface area contributed by atoms with E-state index in [0.29, 0.717) is 19.3 Å². The molecule has 0 fully saturated rings. The van der Waals surface area contributed by atoms with Crippen molar-refractivity contribution in [2.75, 3.05) is 19.4 Å². The highest BCUT2D eigenvalue weighted by Crippen LogP contribution is 2.56. The van der Waals surface area contributed by atoms with Crippen LogP contribution in [0, 0.1) is 0 Å². The maximum atomic E-state index is 13.0. The molecule has 0 bridgehead atoms. The van der Waals surface area contributed by atoms with Crippen LogP contribution in [0.1, 0.15) is 58.8 Å². The van der Waals surface area contributed by atoms with Gasteiger partial charge in [0.2, 0.25) is 0 Å². The van der Waals surface area contributed by atoms with Gasteiger partial charge in [-0.3, -0.25) is 4.79 Å². The molecule has 0 radical (unpaired) electrons. The molecule has 0 spiro atoms. The summed E-state index contributed by atoms with van der Waals surface area (Å²) < 4.78 is 17.6. The van der Waals surface area contributed by atoms with Gasteiger partial charge in [0.1, 0.15) is 7.14 Å². The first-order chi connectivity index (χ1) is 9.00. The van der Waals surface area contributed by atoms with Crippen LogP contribution in [0.3, 0.4) is 0 Å². The maximum Gasteiger partial charge on any atom is 0.305 e. The summed E-state index contributed by atoms with van der Waals surface area (Å²) in [5, 5.41) is 0.873. The first-order valence-corrected chi connectivity index (χ1v) is 9.41. The van der Waals surface area contributed by atoms with Crippen LogP contribution in [0.2, 0.25) is 0 Å². The maximum absolute atomic E-state index is 13.0. The average molecular weight is 288 g/mol. The smallest absolute Gasteiger partial charge is 0.305 e. The Morgan fingerprint density at radius 1 is 1.05 bits per heavy atom. The summed E-state index contributed by atoms with van der Waals surface area (Å²) in [7, 11) is -0.865. The second-order valence-electron chi connectivity index (χ2n) is 5.04. The molecule has 0 aromatic carbocycles. The van der Waals surface area contributed by atoms with Crippen molar-refractivity contribution in [2.45, 2.75) is 58.8 Å². The van der Waals surface area contributed by atoms with E-state index in [-0.39, 0.29) is 5.97 Å². The lowest BCUT2D eigenvalue weighted by Gasteiger charge is -2.20. The highest BCUT2D eigenvalue weighted by atomic mass is 31.2. The van der Waals surface area contributed by atoms with Crippen LogP contribution in [-0.4, -0.2) is 25.4 Å². The number of esters is 1. The number of ether oxygens (including phenoxy) is 1. The molecule has 0 unspecified atom stereocenters. The molecule has 0 saturated heterocycles. The number of unbranched alkanes of at least 4 members (excludes halogenated alkanes) is 2. The molecule has 0 saturated carbocycles. The van der Waals surface area contributed by atoms with Crippen LogP contribution in [0.4, 0.5) is 0 Å². The third-order valence-corrected chi connectivity index (χ3v) is 6.85. The summed E-state index contributed by atoms with van der Waals surface area (Å²) in [6, 6.07) is 0. The van der Waals surface area contributed by atoms with Crippen molar-refractivity contribution in [3.63, 3.8) is 0 Å². The van der Waals surface area contributed by atoms with Crippen LogP contribution >= 0.6 is 7.14 Å². The quantitative estimate of drug-likeness (QED) is 0.405. The molecule has 19 heavy (non-hydrogen) atoms. The SMILES string of the molecule is C=C(CCCC(=O)OC)P(=O)(CCCC)CCCC. The van der Waals surface area contributed by atoms with E-state index < -0.39 is 7.14 Å². The summed E-state index contributed by atoms with van der Waals surface area (Å²) in [6.07, 6.45) is 7.43. The van der Waals surface area contributed by atoms with Gasteiger partial charge < -0.3 is 9.30 Å². The fourth-order valence-electron chi connectivity index (χ4n) is 2.00. The minimum atomic E-state index is -2.26. The molecule has 3 nitrogen and oxygen atoms in total. The summed E-state index contributed by atoms with van der Waals surface area (Å²) in [6.45, 7) is 8.27. The zero-order valence-corrected chi connectivity index (χ0v) is 13.6. The molecule has 0 aromatic heterocycles. The zero-order valence-electron chi connectivity index (χ0n) is 12.7. The van der Waals surface area contributed by atoms with E-state index in [0.717, 1.165) is 43.3 Å². The molecule has 0 rings (SSSR count). The van der Waals surface area contributed by atoms with Crippen LogP contribution in [0.15, 0.2) is 11.9 Å². The van der Waals surface area contributed by atoms with E-state index in [1.165, 1.54) is 7.11 Å². The molecular weight excluding hydrogens is 259 g/mol. The van der Waals surface area contributed by atoms with Crippen molar-refractivity contribution >= 4 is 13.1 Å². The lowest BCUT2D eigenvalue weighted by Crippen LogP contribution is -2.02. The Labute approximate surface area is 118 Å². The van der Waals surface area contributed by atoms with Gasteiger partial charge in [-0.1, -0.05) is 33.3 Å². The third-order valence-electron chi connectivity index (χ3n) is 3.40. The van der Waals surface area contributed by atoms with Gasteiger partial charge in [0.05, 0.1) is 7.11 Å². The summed E-state index contributed by atoms with van der Waals surface area (Å²) in [5.41, 5.74) is 0. The first-order valence-electron chi connectivity index (χ1n) is 7.33. The monoisotopic (exact) mass is 288 g/mol. The van der Waals surface area contributed by atoms with Crippen molar-refractivity contribution in [3.8, 4) is 0 Å². The van der Waals surface area contributed by atoms with E-state index >= 15 is 0 Å². The molecule has 0 amide bonds. The lowest BCUT2D eigenvalue weighted by molar-refractivity contribution is -0.140. The highest BCUT2D eigenvalue weighted by Gasteiger charge is 2.24. The molecule has 0 aliphatic rings. The van der Waals surface area contributed by atoms with Crippen LogP contribution in [-0.2, 0) is 14.1 Å². The van der Waals surface area contributed by atoms with Crippen LogP contribution in [0.25, 0.3) is 0 Å². The Balaban J connectivity index is 4.36. The molecule has 0 N–H and O–H groups in total. The number of allylic oxidation sites excluding steroid dienone is 1. The molecule has 112 valence electrons. The van der Waals surface area contributed by atoms with Gasteiger partial charge in [0.15, 0.2) is 0 Å². The topological polar surface area (TPSA) is 43.4 Å².